The van der Waals surface area contributed by atoms with Crippen LogP contribution in [-0.2, 0) is 5.41 Å². The molecule has 1 aliphatic heterocycles. The first-order valence-electron chi connectivity index (χ1n) is 9.80. The number of rotatable bonds is 4. The Labute approximate surface area is 157 Å². The molecule has 0 unspecified atom stereocenters. The molecule has 2 heteroatoms. The second kappa shape index (κ2) is 6.78. The van der Waals surface area contributed by atoms with Crippen LogP contribution in [0.25, 0.3) is 0 Å². The van der Waals surface area contributed by atoms with Crippen molar-refractivity contribution in [3.8, 4) is 0 Å². The highest BCUT2D eigenvalue weighted by Crippen LogP contribution is 2.61. The average molecular weight is 354 g/mol. The van der Waals surface area contributed by atoms with Crippen molar-refractivity contribution < 1.29 is 0 Å². The van der Waals surface area contributed by atoms with Gasteiger partial charge in [0.15, 0.2) is 0 Å². The molecule has 25 heavy (non-hydrogen) atoms. The second-order valence-corrected chi connectivity index (χ2v) is 8.02. The van der Waals surface area contributed by atoms with Gasteiger partial charge in [0, 0.05) is 11.3 Å². The van der Waals surface area contributed by atoms with E-state index in [4.69, 9.17) is 0 Å². The topological polar surface area (TPSA) is 3.24 Å². The van der Waals surface area contributed by atoms with Gasteiger partial charge in [0.1, 0.15) is 0 Å². The number of fused-ring (bicyclic) bond motifs is 8. The van der Waals surface area contributed by atoms with Crippen molar-refractivity contribution in [2.75, 3.05) is 19.6 Å². The Morgan fingerprint density at radius 2 is 1.44 bits per heavy atom. The fraction of sp³-hybridized carbons (Fsp3) is 0.478. The van der Waals surface area contributed by atoms with Crippen LogP contribution in [0.4, 0.5) is 0 Å². The third kappa shape index (κ3) is 2.64. The highest BCUT2D eigenvalue weighted by Gasteiger charge is 2.51. The number of piperidine rings is 1. The zero-order valence-corrected chi connectivity index (χ0v) is 15.7. The number of halogens is 1. The molecule has 1 saturated heterocycles. The molecule has 0 spiro atoms. The Kier molecular flexibility index (Phi) is 4.64. The summed E-state index contributed by atoms with van der Waals surface area (Å²) in [5.41, 5.74) is 6.77. The van der Waals surface area contributed by atoms with Crippen LogP contribution in [0.15, 0.2) is 48.5 Å². The summed E-state index contributed by atoms with van der Waals surface area (Å²) in [4.78, 5) is 2.69. The first-order chi connectivity index (χ1) is 11.9. The summed E-state index contributed by atoms with van der Waals surface area (Å²) in [5, 5.41) is 0. The molecule has 1 nitrogen and oxygen atoms in total. The van der Waals surface area contributed by atoms with Crippen LogP contribution >= 0.6 is 12.4 Å². The minimum atomic E-state index is 0. The molecule has 0 aromatic heterocycles. The van der Waals surface area contributed by atoms with Gasteiger partial charge in [-0.05, 0) is 74.0 Å². The SMILES string of the molecule is Cl.c1ccc2c(c1)C1CC2(CCCN2CCCCC2)c2ccccc21. The van der Waals surface area contributed by atoms with E-state index in [1.807, 2.05) is 0 Å². The molecule has 2 bridgehead atoms. The summed E-state index contributed by atoms with van der Waals surface area (Å²) in [6.45, 7) is 3.93. The van der Waals surface area contributed by atoms with Gasteiger partial charge < -0.3 is 4.90 Å². The Morgan fingerprint density at radius 3 is 2.08 bits per heavy atom. The van der Waals surface area contributed by atoms with Crippen LogP contribution in [-0.4, -0.2) is 24.5 Å². The van der Waals surface area contributed by atoms with E-state index in [9.17, 15) is 0 Å². The molecule has 0 amide bonds. The lowest BCUT2D eigenvalue weighted by Gasteiger charge is -2.33. The Morgan fingerprint density at radius 1 is 0.840 bits per heavy atom. The minimum Gasteiger partial charge on any atom is -0.303 e. The number of likely N-dealkylation sites (tertiary alicyclic amines) is 1. The van der Waals surface area contributed by atoms with Gasteiger partial charge in [0.2, 0.25) is 0 Å². The van der Waals surface area contributed by atoms with E-state index >= 15 is 0 Å². The minimum absolute atomic E-state index is 0. The van der Waals surface area contributed by atoms with Crippen molar-refractivity contribution in [1.29, 1.82) is 0 Å². The van der Waals surface area contributed by atoms with Crippen LogP contribution in [0.2, 0.25) is 0 Å². The van der Waals surface area contributed by atoms with Gasteiger partial charge in [-0.2, -0.15) is 0 Å². The van der Waals surface area contributed by atoms with Gasteiger partial charge in [-0.1, -0.05) is 55.0 Å². The van der Waals surface area contributed by atoms with Crippen molar-refractivity contribution in [2.45, 2.75) is 49.9 Å². The van der Waals surface area contributed by atoms with E-state index in [1.165, 1.54) is 58.2 Å². The van der Waals surface area contributed by atoms with Crippen LogP contribution < -0.4 is 0 Å². The lowest BCUT2D eigenvalue weighted by molar-refractivity contribution is 0.219. The molecule has 0 atom stereocenters. The lowest BCUT2D eigenvalue weighted by atomic mass is 9.72. The zero-order chi connectivity index (χ0) is 16.0. The summed E-state index contributed by atoms with van der Waals surface area (Å²) >= 11 is 0. The number of hydrogen-bond acceptors (Lipinski definition) is 1. The van der Waals surface area contributed by atoms with Crippen LogP contribution in [0.1, 0.15) is 66.7 Å². The van der Waals surface area contributed by atoms with Gasteiger partial charge >= 0.3 is 0 Å². The predicted octanol–water partition coefficient (Wildman–Crippen LogP) is 5.51. The van der Waals surface area contributed by atoms with E-state index in [1.54, 1.807) is 22.3 Å². The molecule has 0 radical (unpaired) electrons. The molecular weight excluding hydrogens is 326 g/mol. The van der Waals surface area contributed by atoms with E-state index in [2.05, 4.69) is 53.4 Å². The molecule has 2 aromatic carbocycles. The summed E-state index contributed by atoms with van der Waals surface area (Å²) in [6, 6.07) is 18.5. The highest BCUT2D eigenvalue weighted by atomic mass is 35.5. The molecule has 3 aliphatic rings. The number of hydrogen-bond donors (Lipinski definition) is 0. The predicted molar refractivity (Wildman–Crippen MR) is 107 cm³/mol. The maximum atomic E-state index is 2.69. The van der Waals surface area contributed by atoms with Crippen LogP contribution in [0.3, 0.4) is 0 Å². The summed E-state index contributed by atoms with van der Waals surface area (Å²) in [6.07, 6.45) is 8.19. The van der Waals surface area contributed by atoms with Crippen molar-refractivity contribution in [1.82, 2.24) is 4.90 Å². The standard InChI is InChI=1S/C23H27N.ClH/c1-6-14-24(15-7-1)16-8-13-23-17-20(18-9-2-4-11-21(18)23)19-10-3-5-12-22(19)23;/h2-5,9-12,20H,1,6-8,13-17H2;1H. The van der Waals surface area contributed by atoms with Crippen molar-refractivity contribution >= 4 is 12.4 Å². The van der Waals surface area contributed by atoms with E-state index in [0.717, 1.165) is 0 Å². The molecule has 5 rings (SSSR count). The smallest absolute Gasteiger partial charge is 0.0218 e. The Balaban J connectivity index is 0.00000157. The maximum absolute atomic E-state index is 2.69. The zero-order valence-electron chi connectivity index (χ0n) is 14.9. The van der Waals surface area contributed by atoms with Gasteiger partial charge in [-0.25, -0.2) is 0 Å². The van der Waals surface area contributed by atoms with Crippen molar-refractivity contribution in [3.63, 3.8) is 0 Å². The van der Waals surface area contributed by atoms with E-state index in [0.29, 0.717) is 11.3 Å². The van der Waals surface area contributed by atoms with Crippen molar-refractivity contribution in [2.24, 2.45) is 0 Å². The third-order valence-corrected chi connectivity index (χ3v) is 6.78. The van der Waals surface area contributed by atoms with Crippen molar-refractivity contribution in [3.05, 3.63) is 70.8 Å². The maximum Gasteiger partial charge on any atom is 0.0218 e. The first-order valence-corrected chi connectivity index (χ1v) is 9.80. The normalized spacial score (nSPS) is 26.8. The molecule has 1 heterocycles. The average Bonchev–Trinajstić information content (AvgIpc) is 3.16. The molecule has 1 fully saturated rings. The quantitative estimate of drug-likeness (QED) is 0.700. The molecule has 0 saturated carbocycles. The van der Waals surface area contributed by atoms with Gasteiger partial charge in [-0.3, -0.25) is 0 Å². The second-order valence-electron chi connectivity index (χ2n) is 8.02. The Hall–Kier alpha value is -1.31. The fourth-order valence-corrected chi connectivity index (χ4v) is 5.73. The summed E-state index contributed by atoms with van der Waals surface area (Å²) in [5.74, 6) is 0.646. The summed E-state index contributed by atoms with van der Waals surface area (Å²) in [7, 11) is 0. The van der Waals surface area contributed by atoms with E-state index < -0.39 is 0 Å². The van der Waals surface area contributed by atoms with Crippen LogP contribution in [0.5, 0.6) is 0 Å². The lowest BCUT2D eigenvalue weighted by Crippen LogP contribution is -2.32. The molecule has 2 aromatic rings. The fourth-order valence-electron chi connectivity index (χ4n) is 5.73. The van der Waals surface area contributed by atoms with Crippen LogP contribution in [0, 0.1) is 0 Å². The van der Waals surface area contributed by atoms with Gasteiger partial charge in [0.25, 0.3) is 0 Å². The monoisotopic (exact) mass is 353 g/mol. The Bertz CT molecular complexity index is 700. The largest absolute Gasteiger partial charge is 0.303 e. The van der Waals surface area contributed by atoms with Gasteiger partial charge in [0.05, 0.1) is 0 Å². The molecule has 0 N–H and O–H groups in total. The molecular formula is C23H28ClN. The molecule has 132 valence electrons. The number of nitrogens with zero attached hydrogens (tertiary/aromatic N) is 1. The summed E-state index contributed by atoms with van der Waals surface area (Å²) < 4.78 is 0. The number of benzene rings is 2. The van der Waals surface area contributed by atoms with E-state index in [-0.39, 0.29) is 12.4 Å². The molecule has 2 aliphatic carbocycles. The third-order valence-electron chi connectivity index (χ3n) is 6.78. The van der Waals surface area contributed by atoms with Gasteiger partial charge in [-0.15, -0.1) is 12.4 Å². The first kappa shape index (κ1) is 17.1. The highest BCUT2D eigenvalue weighted by molar-refractivity contribution is 5.85.